The van der Waals surface area contributed by atoms with Gasteiger partial charge in [-0.2, -0.15) is 0 Å². The van der Waals surface area contributed by atoms with Crippen molar-refractivity contribution < 1.29 is 4.74 Å². The molecule has 22 heavy (non-hydrogen) atoms. The molecule has 4 nitrogen and oxygen atoms in total. The average Bonchev–Trinajstić information content (AvgIpc) is 2.87. The van der Waals surface area contributed by atoms with Gasteiger partial charge >= 0.3 is 0 Å². The van der Waals surface area contributed by atoms with Crippen LogP contribution in [-0.2, 0) is 24.1 Å². The summed E-state index contributed by atoms with van der Waals surface area (Å²) in [5, 5.41) is 6.71. The van der Waals surface area contributed by atoms with Crippen molar-refractivity contribution in [1.29, 1.82) is 0 Å². The van der Waals surface area contributed by atoms with Gasteiger partial charge in [0.15, 0.2) is 5.96 Å². The normalized spacial score (nSPS) is 17.2. The maximum atomic E-state index is 5.05. The third kappa shape index (κ3) is 4.99. The van der Waals surface area contributed by atoms with E-state index in [1.807, 2.05) is 18.4 Å². The van der Waals surface area contributed by atoms with E-state index in [9.17, 15) is 0 Å². The van der Waals surface area contributed by atoms with Gasteiger partial charge in [-0.1, -0.05) is 13.8 Å². The molecule has 0 unspecified atom stereocenters. The highest BCUT2D eigenvalue weighted by Gasteiger charge is 2.26. The summed E-state index contributed by atoms with van der Waals surface area (Å²) in [7, 11) is 3.54. The number of nitrogens with one attached hydrogen (secondary N) is 2. The van der Waals surface area contributed by atoms with E-state index in [1.54, 1.807) is 17.6 Å². The van der Waals surface area contributed by atoms with Crippen molar-refractivity contribution in [1.82, 2.24) is 10.6 Å². The Labute approximate surface area is 138 Å². The van der Waals surface area contributed by atoms with Crippen LogP contribution in [-0.4, -0.2) is 33.3 Å². The number of methoxy groups -OCH3 is 1. The summed E-state index contributed by atoms with van der Waals surface area (Å²) < 4.78 is 5.05. The lowest BCUT2D eigenvalue weighted by Gasteiger charge is -2.29. The Balaban J connectivity index is 1.83. The number of thiophene rings is 1. The van der Waals surface area contributed by atoms with Crippen molar-refractivity contribution in [3.8, 4) is 0 Å². The molecule has 0 saturated carbocycles. The van der Waals surface area contributed by atoms with Gasteiger partial charge in [-0.25, -0.2) is 0 Å². The number of nitrogens with zero attached hydrogens (tertiary/aromatic N) is 1. The number of hydrogen-bond donors (Lipinski definition) is 2. The highest BCUT2D eigenvalue weighted by molar-refractivity contribution is 7.12. The Morgan fingerprint density at radius 1 is 1.41 bits per heavy atom. The lowest BCUT2D eigenvalue weighted by atomic mass is 9.77. The molecular formula is C17H29N3OS. The molecule has 1 aliphatic carbocycles. The van der Waals surface area contributed by atoms with E-state index in [-0.39, 0.29) is 0 Å². The van der Waals surface area contributed by atoms with E-state index in [0.29, 0.717) is 5.41 Å². The molecule has 5 heteroatoms. The van der Waals surface area contributed by atoms with Crippen LogP contribution in [0.15, 0.2) is 11.1 Å². The number of aliphatic imine (C=N–C) groups is 1. The molecule has 0 spiro atoms. The smallest absolute Gasteiger partial charge is 0.191 e. The van der Waals surface area contributed by atoms with E-state index in [2.05, 4.69) is 35.5 Å². The van der Waals surface area contributed by atoms with Crippen LogP contribution in [0, 0.1) is 5.41 Å². The quantitative estimate of drug-likeness (QED) is 0.481. The van der Waals surface area contributed by atoms with Crippen LogP contribution in [0.2, 0.25) is 0 Å². The summed E-state index contributed by atoms with van der Waals surface area (Å²) in [4.78, 5) is 7.25. The number of guanidine groups is 1. The molecule has 1 aromatic rings. The maximum Gasteiger partial charge on any atom is 0.191 e. The molecule has 0 amide bonds. The van der Waals surface area contributed by atoms with Crippen molar-refractivity contribution in [3.63, 3.8) is 0 Å². The largest absolute Gasteiger partial charge is 0.385 e. The van der Waals surface area contributed by atoms with Crippen LogP contribution in [0.5, 0.6) is 0 Å². The van der Waals surface area contributed by atoms with Crippen molar-refractivity contribution in [2.45, 2.75) is 46.1 Å². The first-order valence-corrected chi connectivity index (χ1v) is 8.89. The predicted molar refractivity (Wildman–Crippen MR) is 94.8 cm³/mol. The fourth-order valence-corrected chi connectivity index (χ4v) is 3.98. The molecule has 0 radical (unpaired) electrons. The molecule has 1 heterocycles. The second-order valence-corrected chi connectivity index (χ2v) is 7.92. The molecular weight excluding hydrogens is 294 g/mol. The average molecular weight is 324 g/mol. The van der Waals surface area contributed by atoms with E-state index in [0.717, 1.165) is 32.1 Å². The number of ether oxygens (including phenoxy) is 1. The van der Waals surface area contributed by atoms with Crippen LogP contribution < -0.4 is 10.6 Å². The molecule has 1 aliphatic rings. The fourth-order valence-electron chi connectivity index (χ4n) is 2.85. The zero-order valence-corrected chi connectivity index (χ0v) is 15.1. The first-order chi connectivity index (χ1) is 10.5. The van der Waals surface area contributed by atoms with Crippen LogP contribution in [0.25, 0.3) is 0 Å². The van der Waals surface area contributed by atoms with Gasteiger partial charge in [0.1, 0.15) is 0 Å². The van der Waals surface area contributed by atoms with Crippen molar-refractivity contribution in [2.24, 2.45) is 10.4 Å². The third-order valence-corrected chi connectivity index (χ3v) is 5.35. The third-order valence-electron chi connectivity index (χ3n) is 4.12. The summed E-state index contributed by atoms with van der Waals surface area (Å²) in [6.07, 6.45) is 4.73. The molecule has 0 saturated heterocycles. The number of aryl methyl sites for hydroxylation is 1. The molecule has 124 valence electrons. The summed E-state index contributed by atoms with van der Waals surface area (Å²) in [5.41, 5.74) is 2.01. The van der Waals surface area contributed by atoms with Gasteiger partial charge in [-0.05, 0) is 42.7 Å². The minimum atomic E-state index is 0.456. The molecule has 0 bridgehead atoms. The summed E-state index contributed by atoms with van der Waals surface area (Å²) in [6.45, 7) is 7.25. The summed E-state index contributed by atoms with van der Waals surface area (Å²) in [5.74, 6) is 0.864. The topological polar surface area (TPSA) is 45.7 Å². The molecule has 2 rings (SSSR count). The Kier molecular flexibility index (Phi) is 6.26. The zero-order valence-electron chi connectivity index (χ0n) is 14.3. The van der Waals surface area contributed by atoms with E-state index in [1.165, 1.54) is 24.1 Å². The van der Waals surface area contributed by atoms with Gasteiger partial charge in [0, 0.05) is 37.1 Å². The van der Waals surface area contributed by atoms with Gasteiger partial charge in [0.25, 0.3) is 0 Å². The molecule has 0 aliphatic heterocycles. The van der Waals surface area contributed by atoms with Gasteiger partial charge < -0.3 is 15.4 Å². The van der Waals surface area contributed by atoms with Crippen LogP contribution in [0.1, 0.15) is 42.0 Å². The second kappa shape index (κ2) is 7.97. The summed E-state index contributed by atoms with van der Waals surface area (Å²) in [6, 6.07) is 2.38. The standard InChI is InChI=1S/C17H29N3OS/c1-17(2)7-6-15-13(11-17)10-14(22-15)12-20-16(18-3)19-8-5-9-21-4/h10H,5-9,11-12H2,1-4H3,(H2,18,19,20). The van der Waals surface area contributed by atoms with Crippen LogP contribution >= 0.6 is 11.3 Å². The number of hydrogen-bond acceptors (Lipinski definition) is 3. The van der Waals surface area contributed by atoms with E-state index < -0.39 is 0 Å². The highest BCUT2D eigenvalue weighted by atomic mass is 32.1. The Bertz CT molecular complexity index is 508. The molecule has 0 aromatic carbocycles. The zero-order chi connectivity index (χ0) is 16.0. The Morgan fingerprint density at radius 2 is 2.23 bits per heavy atom. The van der Waals surface area contributed by atoms with Gasteiger partial charge in [-0.3, -0.25) is 4.99 Å². The minimum absolute atomic E-state index is 0.456. The minimum Gasteiger partial charge on any atom is -0.385 e. The SMILES string of the molecule is CN=C(NCCCOC)NCc1cc2c(s1)CCC(C)(C)C2. The van der Waals surface area contributed by atoms with Crippen molar-refractivity contribution >= 4 is 17.3 Å². The number of fused-ring (bicyclic) bond motifs is 1. The molecule has 2 N–H and O–H groups in total. The predicted octanol–water partition coefficient (Wildman–Crippen LogP) is 2.96. The van der Waals surface area contributed by atoms with Crippen LogP contribution in [0.3, 0.4) is 0 Å². The Hall–Kier alpha value is -1.07. The molecule has 0 atom stereocenters. The van der Waals surface area contributed by atoms with Crippen molar-refractivity contribution in [2.75, 3.05) is 27.3 Å². The number of rotatable bonds is 6. The monoisotopic (exact) mass is 323 g/mol. The van der Waals surface area contributed by atoms with Crippen LogP contribution in [0.4, 0.5) is 0 Å². The first kappa shape index (κ1) is 17.3. The van der Waals surface area contributed by atoms with Crippen molar-refractivity contribution in [3.05, 3.63) is 21.4 Å². The van der Waals surface area contributed by atoms with E-state index in [4.69, 9.17) is 4.74 Å². The highest BCUT2D eigenvalue weighted by Crippen LogP contribution is 2.38. The second-order valence-electron chi connectivity index (χ2n) is 6.70. The summed E-state index contributed by atoms with van der Waals surface area (Å²) >= 11 is 1.96. The van der Waals surface area contributed by atoms with E-state index >= 15 is 0 Å². The first-order valence-electron chi connectivity index (χ1n) is 8.08. The molecule has 0 fully saturated rings. The van der Waals surface area contributed by atoms with Gasteiger partial charge in [0.05, 0.1) is 6.54 Å². The maximum absolute atomic E-state index is 5.05. The van der Waals surface area contributed by atoms with Gasteiger partial charge in [0.2, 0.25) is 0 Å². The Morgan fingerprint density at radius 3 is 2.95 bits per heavy atom. The van der Waals surface area contributed by atoms with Gasteiger partial charge in [-0.15, -0.1) is 11.3 Å². The molecule has 1 aromatic heterocycles. The lowest BCUT2D eigenvalue weighted by molar-refractivity contribution is 0.195. The fraction of sp³-hybridized carbons (Fsp3) is 0.706. The lowest BCUT2D eigenvalue weighted by Crippen LogP contribution is -2.37.